The molecule has 0 aliphatic rings. The van der Waals surface area contributed by atoms with Gasteiger partial charge in [-0.05, 0) is 50.7 Å². The smallest absolute Gasteiger partial charge is 0.210 e. The molecule has 0 aliphatic heterocycles. The van der Waals surface area contributed by atoms with Crippen LogP contribution in [0.4, 0.5) is 10.8 Å². The molecule has 0 aliphatic carbocycles. The second-order valence-corrected chi connectivity index (χ2v) is 9.06. The van der Waals surface area contributed by atoms with Crippen molar-refractivity contribution >= 4 is 22.2 Å². The summed E-state index contributed by atoms with van der Waals surface area (Å²) in [6.07, 6.45) is 19.3. The van der Waals surface area contributed by atoms with Crippen LogP contribution in [0.5, 0.6) is 0 Å². The van der Waals surface area contributed by atoms with E-state index in [1.165, 1.54) is 44.9 Å². The number of para-hydroxylation sites is 1. The fraction of sp³-hybridized carbons (Fsp3) is 0.600. The molecule has 0 fully saturated rings. The van der Waals surface area contributed by atoms with Crippen molar-refractivity contribution in [1.82, 2.24) is 10.2 Å². The molecule has 0 bridgehead atoms. The quantitative estimate of drug-likeness (QED) is 0.203. The zero-order valence-corrected chi connectivity index (χ0v) is 19.4. The Morgan fingerprint density at radius 2 is 1.67 bits per heavy atom. The van der Waals surface area contributed by atoms with E-state index in [0.29, 0.717) is 0 Å². The first-order valence-corrected chi connectivity index (χ1v) is 12.6. The van der Waals surface area contributed by atoms with Crippen LogP contribution in [-0.2, 0) is 6.42 Å². The molecule has 1 aromatic heterocycles. The highest BCUT2D eigenvalue weighted by Crippen LogP contribution is 2.22. The van der Waals surface area contributed by atoms with Gasteiger partial charge in [0.1, 0.15) is 5.01 Å². The highest BCUT2D eigenvalue weighted by Gasteiger charge is 2.05. The van der Waals surface area contributed by atoms with Crippen molar-refractivity contribution in [3.63, 3.8) is 0 Å². The first-order chi connectivity index (χ1) is 14.8. The number of hydrogen-bond acceptors (Lipinski definition) is 5. The van der Waals surface area contributed by atoms with Crippen LogP contribution >= 0.6 is 11.3 Å². The zero-order valence-electron chi connectivity index (χ0n) is 18.6. The molecule has 2 aromatic rings. The van der Waals surface area contributed by atoms with E-state index in [0.717, 1.165) is 54.4 Å². The van der Waals surface area contributed by atoms with Crippen molar-refractivity contribution in [3.8, 4) is 0 Å². The van der Waals surface area contributed by atoms with Crippen LogP contribution in [0.1, 0.15) is 89.0 Å². The van der Waals surface area contributed by atoms with Gasteiger partial charge in [-0.3, -0.25) is 0 Å². The third kappa shape index (κ3) is 11.5. The molecular formula is C25H39N3OS. The van der Waals surface area contributed by atoms with Gasteiger partial charge in [-0.1, -0.05) is 87.1 Å². The molecule has 1 aromatic carbocycles. The summed E-state index contributed by atoms with van der Waals surface area (Å²) >= 11 is 1.64. The van der Waals surface area contributed by atoms with Gasteiger partial charge in [-0.2, -0.15) is 0 Å². The lowest BCUT2D eigenvalue weighted by molar-refractivity contribution is 0.152. The number of aliphatic hydroxyl groups is 1. The SMILES string of the molecule is CCCCC/C=C\CCC(O)CCCCCCCc1nnc(Nc2ccccc2)s1. The molecule has 2 rings (SSSR count). The van der Waals surface area contributed by atoms with Gasteiger partial charge < -0.3 is 10.4 Å². The molecule has 5 heteroatoms. The maximum absolute atomic E-state index is 10.1. The van der Waals surface area contributed by atoms with E-state index in [1.807, 2.05) is 30.3 Å². The van der Waals surface area contributed by atoms with Gasteiger partial charge >= 0.3 is 0 Å². The summed E-state index contributed by atoms with van der Waals surface area (Å²) < 4.78 is 0. The van der Waals surface area contributed by atoms with Crippen molar-refractivity contribution in [1.29, 1.82) is 0 Å². The Bertz CT molecular complexity index is 687. The molecule has 0 amide bonds. The monoisotopic (exact) mass is 429 g/mol. The number of aliphatic hydroxyl groups excluding tert-OH is 1. The van der Waals surface area contributed by atoms with E-state index >= 15 is 0 Å². The van der Waals surface area contributed by atoms with Gasteiger partial charge in [-0.25, -0.2) is 0 Å². The number of aromatic nitrogens is 2. The summed E-state index contributed by atoms with van der Waals surface area (Å²) in [6, 6.07) is 10.1. The Balaban J connectivity index is 1.44. The number of nitrogens with one attached hydrogen (secondary N) is 1. The Hall–Kier alpha value is -1.72. The lowest BCUT2D eigenvalue weighted by Gasteiger charge is -2.08. The van der Waals surface area contributed by atoms with Crippen LogP contribution in [0, 0.1) is 0 Å². The molecular weight excluding hydrogens is 390 g/mol. The minimum atomic E-state index is -0.137. The third-order valence-electron chi connectivity index (χ3n) is 5.23. The summed E-state index contributed by atoms with van der Waals surface area (Å²) in [5.41, 5.74) is 1.05. The summed E-state index contributed by atoms with van der Waals surface area (Å²) in [7, 11) is 0. The number of allylic oxidation sites excluding steroid dienone is 2. The molecule has 1 atom stereocenters. The van der Waals surface area contributed by atoms with Gasteiger partial charge in [0.25, 0.3) is 0 Å². The zero-order chi connectivity index (χ0) is 21.3. The summed E-state index contributed by atoms with van der Waals surface area (Å²) in [5, 5.41) is 23.9. The average Bonchev–Trinajstić information content (AvgIpc) is 3.20. The molecule has 0 radical (unpaired) electrons. The van der Waals surface area contributed by atoms with Crippen molar-refractivity contribution in [2.75, 3.05) is 5.32 Å². The van der Waals surface area contributed by atoms with Crippen LogP contribution in [0.2, 0.25) is 0 Å². The normalized spacial score (nSPS) is 12.5. The van der Waals surface area contributed by atoms with E-state index in [9.17, 15) is 5.11 Å². The maximum Gasteiger partial charge on any atom is 0.210 e. The van der Waals surface area contributed by atoms with Crippen LogP contribution in [0.3, 0.4) is 0 Å². The van der Waals surface area contributed by atoms with E-state index in [1.54, 1.807) is 11.3 Å². The largest absolute Gasteiger partial charge is 0.393 e. The second-order valence-electron chi connectivity index (χ2n) is 8.00. The van der Waals surface area contributed by atoms with E-state index in [2.05, 4.69) is 34.6 Å². The first-order valence-electron chi connectivity index (χ1n) is 11.8. The number of hydrogen-bond donors (Lipinski definition) is 2. The average molecular weight is 430 g/mol. The number of aryl methyl sites for hydroxylation is 1. The number of nitrogens with zero attached hydrogens (tertiary/aromatic N) is 2. The second kappa shape index (κ2) is 16.0. The Morgan fingerprint density at radius 3 is 2.50 bits per heavy atom. The fourth-order valence-corrected chi connectivity index (χ4v) is 4.22. The number of anilines is 2. The van der Waals surface area contributed by atoms with Gasteiger partial charge in [0.05, 0.1) is 6.10 Å². The Kier molecular flexibility index (Phi) is 13.1. The summed E-state index contributed by atoms with van der Waals surface area (Å²) in [5.74, 6) is 0. The predicted molar refractivity (Wildman–Crippen MR) is 130 cm³/mol. The van der Waals surface area contributed by atoms with Crippen LogP contribution in [0.25, 0.3) is 0 Å². The predicted octanol–water partition coefficient (Wildman–Crippen LogP) is 7.44. The summed E-state index contributed by atoms with van der Waals surface area (Å²) in [6.45, 7) is 2.24. The highest BCUT2D eigenvalue weighted by molar-refractivity contribution is 7.15. The van der Waals surface area contributed by atoms with Crippen molar-refractivity contribution in [2.45, 2.75) is 96.5 Å². The van der Waals surface area contributed by atoms with Crippen molar-refractivity contribution in [2.24, 2.45) is 0 Å². The Morgan fingerprint density at radius 1 is 0.900 bits per heavy atom. The van der Waals surface area contributed by atoms with E-state index in [4.69, 9.17) is 0 Å². The maximum atomic E-state index is 10.1. The number of benzene rings is 1. The van der Waals surface area contributed by atoms with Crippen LogP contribution in [0.15, 0.2) is 42.5 Å². The van der Waals surface area contributed by atoms with Crippen LogP contribution < -0.4 is 5.32 Å². The molecule has 0 saturated heterocycles. The molecule has 2 N–H and O–H groups in total. The van der Waals surface area contributed by atoms with Crippen molar-refractivity contribution < 1.29 is 5.11 Å². The third-order valence-corrected chi connectivity index (χ3v) is 6.13. The van der Waals surface area contributed by atoms with Crippen LogP contribution in [-0.4, -0.2) is 21.4 Å². The van der Waals surface area contributed by atoms with Gasteiger partial charge in [-0.15, -0.1) is 10.2 Å². The molecule has 1 unspecified atom stereocenters. The molecule has 30 heavy (non-hydrogen) atoms. The van der Waals surface area contributed by atoms with Gasteiger partial charge in [0.15, 0.2) is 0 Å². The standard InChI is InChI=1S/C25H39N3OS/c1-2-3-4-5-6-8-14-19-23(29)20-15-9-7-10-16-21-24-27-28-25(30-24)26-22-17-12-11-13-18-22/h6,8,11-13,17-18,23,29H,2-5,7,9-10,14-16,19-21H2,1H3,(H,26,28)/b8-6-. The van der Waals surface area contributed by atoms with E-state index in [-0.39, 0.29) is 6.10 Å². The number of rotatable bonds is 17. The fourth-order valence-electron chi connectivity index (χ4n) is 3.42. The molecule has 1 heterocycles. The first kappa shape index (κ1) is 24.5. The molecule has 166 valence electrons. The lowest BCUT2D eigenvalue weighted by atomic mass is 10.0. The minimum absolute atomic E-state index is 0.137. The molecule has 4 nitrogen and oxygen atoms in total. The topological polar surface area (TPSA) is 58.0 Å². The van der Waals surface area contributed by atoms with Gasteiger partial charge in [0, 0.05) is 12.1 Å². The Labute approximate surface area is 186 Å². The van der Waals surface area contributed by atoms with E-state index < -0.39 is 0 Å². The highest BCUT2D eigenvalue weighted by atomic mass is 32.1. The van der Waals surface area contributed by atoms with Gasteiger partial charge in [0.2, 0.25) is 5.13 Å². The minimum Gasteiger partial charge on any atom is -0.393 e. The summed E-state index contributed by atoms with van der Waals surface area (Å²) in [4.78, 5) is 0. The van der Waals surface area contributed by atoms with Crippen molar-refractivity contribution in [3.05, 3.63) is 47.5 Å². The number of unbranched alkanes of at least 4 members (excludes halogenated alkanes) is 7. The lowest BCUT2D eigenvalue weighted by Crippen LogP contribution is -2.05. The molecule has 0 spiro atoms. The molecule has 0 saturated carbocycles.